The summed E-state index contributed by atoms with van der Waals surface area (Å²) in [7, 11) is 3.13. The van der Waals surface area contributed by atoms with Crippen molar-refractivity contribution in [3.63, 3.8) is 0 Å². The fourth-order valence-electron chi connectivity index (χ4n) is 15.1. The zero-order valence-electron chi connectivity index (χ0n) is 68.7. The fraction of sp³-hybridized carbons (Fsp3) is 0.677. The number of aromatic nitrogens is 2. The van der Waals surface area contributed by atoms with Gasteiger partial charge in [0.25, 0.3) is 11.3 Å². The number of aliphatic hydroxyl groups is 2. The van der Waals surface area contributed by atoms with E-state index < -0.39 is 66.2 Å². The molecular weight excluding hydrogens is 1390 g/mol. The summed E-state index contributed by atoms with van der Waals surface area (Å²) in [4.78, 5) is 56.9. The minimum atomic E-state index is -2.97. The molecule has 1 aliphatic heterocycles. The highest BCUT2D eigenvalue weighted by molar-refractivity contribution is 5.92. The summed E-state index contributed by atoms with van der Waals surface area (Å²) in [5, 5.41) is 25.0. The number of aromatic amines is 1. The van der Waals surface area contributed by atoms with Gasteiger partial charge >= 0.3 is 17.6 Å². The number of methoxy groups -OCH3 is 2. The number of unbranched alkanes of at least 4 members (excludes halogenated alkanes) is 45. The molecule has 5 aromatic rings. The Morgan fingerprint density at radius 3 is 1.16 bits per heavy atom. The monoisotopic (exact) mass is 1530 g/mol. The first-order valence-electron chi connectivity index (χ1n) is 43.7. The Kier molecular flexibility index (Phi) is 47.4. The van der Waals surface area contributed by atoms with Gasteiger partial charge in [0.2, 0.25) is 5.75 Å². The molecule has 110 heavy (non-hydrogen) atoms. The number of nitrogens with one attached hydrogen (secondary N) is 1. The molecule has 616 valence electrons. The number of carbonyl (C=O) groups excluding carboxylic acids is 2. The molecule has 0 unspecified atom stereocenters. The number of esters is 2. The van der Waals surface area contributed by atoms with E-state index in [1.54, 1.807) is 50.6 Å². The Morgan fingerprint density at radius 2 is 0.809 bits per heavy atom. The van der Waals surface area contributed by atoms with Crippen LogP contribution in [-0.4, -0.2) is 97.0 Å². The van der Waals surface area contributed by atoms with E-state index in [1.807, 2.05) is 54.6 Å². The first kappa shape index (κ1) is 92.2. The van der Waals surface area contributed by atoms with Crippen LogP contribution in [0.1, 0.15) is 362 Å². The summed E-state index contributed by atoms with van der Waals surface area (Å²) in [5.74, 6) is -2.89. The van der Waals surface area contributed by atoms with Crippen LogP contribution < -0.4 is 34.9 Å². The van der Waals surface area contributed by atoms with Gasteiger partial charge in [-0.05, 0) is 72.4 Å². The van der Waals surface area contributed by atoms with E-state index in [2.05, 4.69) is 25.8 Å². The molecule has 1 fully saturated rings. The second-order valence-electron chi connectivity index (χ2n) is 30.9. The number of benzene rings is 4. The maximum absolute atomic E-state index is 14.6. The smallest absolute Gasteiger partial charge is 0.346 e. The summed E-state index contributed by atoms with van der Waals surface area (Å²) >= 11 is 0. The molecule has 1 saturated heterocycles. The Bertz CT molecular complexity index is 3190. The van der Waals surface area contributed by atoms with E-state index in [1.165, 1.54) is 250 Å². The zero-order chi connectivity index (χ0) is 78.4. The summed E-state index contributed by atoms with van der Waals surface area (Å²) in [6.07, 6.45) is 55.5. The number of ether oxygens (including phenoxy) is 9. The largest absolute Gasteiger partial charge is 0.497 e. The number of hydrogen-bond donors (Lipinski definition) is 3. The minimum Gasteiger partial charge on any atom is -0.497 e. The van der Waals surface area contributed by atoms with E-state index in [4.69, 9.17) is 42.6 Å². The van der Waals surface area contributed by atoms with E-state index in [0.29, 0.717) is 65.3 Å². The van der Waals surface area contributed by atoms with Crippen molar-refractivity contribution in [1.29, 1.82) is 0 Å². The van der Waals surface area contributed by atoms with Crippen LogP contribution in [0.25, 0.3) is 0 Å². The Balaban J connectivity index is 1.17. The normalized spacial score (nSPS) is 15.6. The van der Waals surface area contributed by atoms with Gasteiger partial charge in [0, 0.05) is 12.3 Å². The predicted octanol–water partition coefficient (Wildman–Crippen LogP) is 22.8. The van der Waals surface area contributed by atoms with Gasteiger partial charge < -0.3 is 52.8 Å². The van der Waals surface area contributed by atoms with Crippen molar-refractivity contribution in [3.8, 4) is 28.7 Å². The molecule has 17 heteroatoms. The summed E-state index contributed by atoms with van der Waals surface area (Å²) in [5.41, 5.74) is -1.26. The fourth-order valence-corrected chi connectivity index (χ4v) is 15.1. The van der Waals surface area contributed by atoms with Crippen LogP contribution in [0, 0.1) is 0 Å². The first-order chi connectivity index (χ1) is 53.9. The van der Waals surface area contributed by atoms with Crippen molar-refractivity contribution in [3.05, 3.63) is 146 Å². The number of hydrogen-bond acceptors (Lipinski definition) is 15. The van der Waals surface area contributed by atoms with Gasteiger partial charge in [0.05, 0.1) is 46.2 Å². The maximum atomic E-state index is 14.6. The molecule has 0 radical (unpaired) electrons. The van der Waals surface area contributed by atoms with Gasteiger partial charge in [-0.15, -0.1) is 0 Å². The molecule has 0 spiro atoms. The highest BCUT2D eigenvalue weighted by atomic mass is 16.7. The van der Waals surface area contributed by atoms with Gasteiger partial charge in [-0.3, -0.25) is 14.3 Å². The highest BCUT2D eigenvalue weighted by Crippen LogP contribution is 2.46. The molecular formula is C93H144N2O15. The maximum Gasteiger partial charge on any atom is 0.346 e. The molecule has 1 aromatic heterocycles. The topological polar surface area (TPSA) is 213 Å². The lowest BCUT2D eigenvalue weighted by molar-refractivity contribution is -0.261. The summed E-state index contributed by atoms with van der Waals surface area (Å²) in [6.45, 7) is 6.38. The Morgan fingerprint density at radius 1 is 0.464 bits per heavy atom. The molecule has 0 aliphatic carbocycles. The first-order valence-corrected chi connectivity index (χ1v) is 43.7. The Labute approximate surface area is 661 Å². The number of rotatable bonds is 67. The molecule has 0 bridgehead atoms. The lowest BCUT2D eigenvalue weighted by Gasteiger charge is -2.38. The minimum absolute atomic E-state index is 0.0394. The van der Waals surface area contributed by atoms with E-state index >= 15 is 0 Å². The lowest BCUT2D eigenvalue weighted by Crippen LogP contribution is -2.54. The van der Waals surface area contributed by atoms with Crippen molar-refractivity contribution < 1.29 is 62.4 Å². The highest BCUT2D eigenvalue weighted by Gasteiger charge is 2.60. The van der Waals surface area contributed by atoms with Crippen LogP contribution in [0.15, 0.2) is 113 Å². The molecule has 6 rings (SSSR count). The Hall–Kier alpha value is -6.66. The van der Waals surface area contributed by atoms with Crippen LogP contribution >= 0.6 is 0 Å². The molecule has 0 amide bonds. The quantitative estimate of drug-likeness (QED) is 0.0143. The summed E-state index contributed by atoms with van der Waals surface area (Å²) in [6, 6.07) is 28.0. The molecule has 0 saturated carbocycles. The number of aliphatic hydroxyl groups excluding tert-OH is 1. The number of nitrogens with zero attached hydrogens (tertiary/aromatic N) is 1. The summed E-state index contributed by atoms with van der Waals surface area (Å²) < 4.78 is 56.9. The number of carbonyl (C=O) groups is 2. The standard InChI is InChI=1S/C93H144N2O15/c1-6-9-12-15-18-21-24-27-30-33-36-39-42-45-48-54-69-104-82-72-76(73-83(105-70-55-49-46-43-40-37-34-31-28-25-22-19-16-13-10-7-2)87(82)106-71-56-50-47-44-41-38-35-32-29-26-23-20-17-14-11-8-3)90(99)107-75-86(97)110-93(101)84(109-89(88(93)98)95-68-67-85(96)94-91(95)100)74-108-92(77-57-52-51-53-58-77,78-59-63-80(102-4)64-60-78)79-61-65-81(103-5)66-62-79/h51-53,57-68,72-73,84,88-89,98,101H,6-50,54-56,69-71,74-75H2,1-5H3,(H,94,96,100)/t84-,88+,89-,93+/m1/s1. The third kappa shape index (κ3) is 34.0. The third-order valence-electron chi connectivity index (χ3n) is 21.8. The van der Waals surface area contributed by atoms with Crippen molar-refractivity contribution in [1.82, 2.24) is 9.55 Å². The van der Waals surface area contributed by atoms with Gasteiger partial charge in [0.1, 0.15) is 17.1 Å². The van der Waals surface area contributed by atoms with E-state index in [-0.39, 0.29) is 5.56 Å². The molecule has 17 nitrogen and oxygen atoms in total. The predicted molar refractivity (Wildman–Crippen MR) is 442 cm³/mol. The molecule has 2 heterocycles. The van der Waals surface area contributed by atoms with Crippen molar-refractivity contribution in [2.24, 2.45) is 0 Å². The van der Waals surface area contributed by atoms with E-state index in [9.17, 15) is 29.4 Å². The van der Waals surface area contributed by atoms with Crippen LogP contribution in [0.5, 0.6) is 28.7 Å². The van der Waals surface area contributed by atoms with Crippen molar-refractivity contribution in [2.45, 2.75) is 359 Å². The molecule has 4 atom stereocenters. The second-order valence-corrected chi connectivity index (χ2v) is 30.9. The molecule has 4 aromatic carbocycles. The van der Waals surface area contributed by atoms with Crippen LogP contribution in [0.4, 0.5) is 0 Å². The molecule has 3 N–H and O–H groups in total. The van der Waals surface area contributed by atoms with Crippen LogP contribution in [0.3, 0.4) is 0 Å². The lowest BCUT2D eigenvalue weighted by atomic mass is 9.80. The average Bonchev–Trinajstić information content (AvgIpc) is 1.50. The van der Waals surface area contributed by atoms with Crippen LogP contribution in [0.2, 0.25) is 0 Å². The third-order valence-corrected chi connectivity index (χ3v) is 21.8. The zero-order valence-corrected chi connectivity index (χ0v) is 68.7. The van der Waals surface area contributed by atoms with Crippen molar-refractivity contribution in [2.75, 3.05) is 47.3 Å². The number of H-pyrrole nitrogens is 1. The van der Waals surface area contributed by atoms with Gasteiger partial charge in [-0.1, -0.05) is 364 Å². The SMILES string of the molecule is CCCCCCCCCCCCCCCCCCOc1cc(C(=O)OCC(=O)O[C@@]2(O)[C@@H](COC(c3ccccc3)(c3ccc(OC)cc3)c3ccc(OC)cc3)O[C@@H](n3ccc(=O)[nH]c3=O)[C@@H]2O)cc(OCCCCCCCCCCCCCCCCCC)c1OCCCCCCCCCCCCCCCCCC. The van der Waals surface area contributed by atoms with Crippen molar-refractivity contribution >= 4 is 11.9 Å². The van der Waals surface area contributed by atoms with Gasteiger partial charge in [-0.25, -0.2) is 14.4 Å². The van der Waals surface area contributed by atoms with Gasteiger partial charge in [-0.2, -0.15) is 0 Å². The van der Waals surface area contributed by atoms with Crippen LogP contribution in [-0.2, 0) is 29.3 Å². The van der Waals surface area contributed by atoms with Gasteiger partial charge in [0.15, 0.2) is 36.5 Å². The van der Waals surface area contributed by atoms with E-state index in [0.717, 1.165) is 74.6 Å². The molecule has 1 aliphatic rings. The second kappa shape index (κ2) is 56.5. The average molecular weight is 1530 g/mol.